The summed E-state index contributed by atoms with van der Waals surface area (Å²) in [5, 5.41) is 0. The van der Waals surface area contributed by atoms with Gasteiger partial charge in [0.15, 0.2) is 0 Å². The lowest BCUT2D eigenvalue weighted by atomic mass is 9.93. The Morgan fingerprint density at radius 3 is 2.50 bits per heavy atom. The molecule has 22 heavy (non-hydrogen) atoms. The van der Waals surface area contributed by atoms with E-state index >= 15 is 0 Å². The molecule has 1 aliphatic rings. The lowest BCUT2D eigenvalue weighted by Crippen LogP contribution is -2.37. The summed E-state index contributed by atoms with van der Waals surface area (Å²) in [5.74, 6) is 0.956. The minimum Gasteiger partial charge on any atom is -0.349 e. The van der Waals surface area contributed by atoms with Crippen molar-refractivity contribution in [1.82, 2.24) is 14.1 Å². The number of hydrogen-bond acceptors (Lipinski definition) is 4. The molecule has 1 unspecified atom stereocenters. The summed E-state index contributed by atoms with van der Waals surface area (Å²) in [6.45, 7) is 2.86. The highest BCUT2D eigenvalue weighted by Gasteiger charge is 2.21. The van der Waals surface area contributed by atoms with Gasteiger partial charge in [0.1, 0.15) is 0 Å². The number of sulfonamides is 1. The van der Waals surface area contributed by atoms with Gasteiger partial charge in [-0.15, -0.1) is 0 Å². The highest BCUT2D eigenvalue weighted by atomic mass is 32.2. The van der Waals surface area contributed by atoms with E-state index in [1.165, 1.54) is 10.7 Å². The van der Waals surface area contributed by atoms with E-state index in [-0.39, 0.29) is 11.7 Å². The van der Waals surface area contributed by atoms with E-state index in [0.717, 1.165) is 32.5 Å². The van der Waals surface area contributed by atoms with Crippen LogP contribution in [0, 0.1) is 5.92 Å². The topological polar surface area (TPSA) is 60.9 Å². The van der Waals surface area contributed by atoms with E-state index in [1.54, 1.807) is 33.1 Å². The zero-order valence-electron chi connectivity index (χ0n) is 14.4. The smallest absolute Gasteiger partial charge is 0.222 e. The second-order valence-electron chi connectivity index (χ2n) is 6.59. The molecular formula is C15H31N3O3S. The van der Waals surface area contributed by atoms with E-state index in [2.05, 4.69) is 4.90 Å². The first-order chi connectivity index (χ1) is 10.2. The second kappa shape index (κ2) is 8.84. The van der Waals surface area contributed by atoms with E-state index in [9.17, 15) is 13.2 Å². The molecule has 0 radical (unpaired) electrons. The Bertz CT molecular complexity index is 449. The number of amides is 1. The van der Waals surface area contributed by atoms with Crippen LogP contribution in [0.25, 0.3) is 0 Å². The maximum absolute atomic E-state index is 11.7. The average Bonchev–Trinajstić information content (AvgIpc) is 2.44. The third kappa shape index (κ3) is 6.62. The molecule has 0 spiro atoms. The minimum absolute atomic E-state index is 0.189. The highest BCUT2D eigenvalue weighted by Crippen LogP contribution is 2.21. The fourth-order valence-corrected chi connectivity index (χ4v) is 3.65. The summed E-state index contributed by atoms with van der Waals surface area (Å²) in [7, 11) is 3.65. The summed E-state index contributed by atoms with van der Waals surface area (Å²) < 4.78 is 24.8. The van der Waals surface area contributed by atoms with E-state index in [4.69, 9.17) is 0 Å². The first-order valence-corrected chi connectivity index (χ1v) is 9.66. The van der Waals surface area contributed by atoms with Gasteiger partial charge in [0.2, 0.25) is 15.9 Å². The van der Waals surface area contributed by atoms with Crippen molar-refractivity contribution in [3.8, 4) is 0 Å². The number of nitrogens with zero attached hydrogens (tertiary/aromatic N) is 3. The van der Waals surface area contributed by atoms with Crippen LogP contribution in [-0.2, 0) is 14.8 Å². The van der Waals surface area contributed by atoms with Gasteiger partial charge >= 0.3 is 0 Å². The third-order valence-electron chi connectivity index (χ3n) is 4.30. The van der Waals surface area contributed by atoms with E-state index < -0.39 is 10.0 Å². The van der Waals surface area contributed by atoms with Crippen molar-refractivity contribution >= 4 is 15.9 Å². The van der Waals surface area contributed by atoms with Gasteiger partial charge in [-0.2, -0.15) is 0 Å². The summed E-state index contributed by atoms with van der Waals surface area (Å²) >= 11 is 0. The molecule has 1 saturated heterocycles. The monoisotopic (exact) mass is 333 g/mol. The van der Waals surface area contributed by atoms with Crippen molar-refractivity contribution in [1.29, 1.82) is 0 Å². The zero-order chi connectivity index (χ0) is 16.8. The number of carbonyl (C=O) groups excluding carboxylic acids is 1. The summed E-state index contributed by atoms with van der Waals surface area (Å²) in [5.41, 5.74) is 0. The zero-order valence-corrected chi connectivity index (χ0v) is 15.2. The number of hydrogen-bond donors (Lipinski definition) is 0. The molecule has 6 nitrogen and oxygen atoms in total. The third-order valence-corrected chi connectivity index (χ3v) is 6.22. The standard InChI is InChI=1S/C15H31N3O3S/c1-16(2)15(19)9-8-14-7-5-10-18(13-14)11-6-12-22(20,21)17(3)4/h14H,5-13H2,1-4H3. The molecule has 1 amide bonds. The first kappa shape index (κ1) is 19.4. The van der Waals surface area contributed by atoms with Gasteiger partial charge in [-0.05, 0) is 44.7 Å². The molecular weight excluding hydrogens is 302 g/mol. The molecule has 0 bridgehead atoms. The van der Waals surface area contributed by atoms with E-state index in [0.29, 0.717) is 18.8 Å². The van der Waals surface area contributed by atoms with Gasteiger partial charge in [-0.3, -0.25) is 4.79 Å². The summed E-state index contributed by atoms with van der Waals surface area (Å²) in [6, 6.07) is 0. The highest BCUT2D eigenvalue weighted by molar-refractivity contribution is 7.89. The SMILES string of the molecule is CN(C)C(=O)CCC1CCCN(CCCS(=O)(=O)N(C)C)C1. The van der Waals surface area contributed by atoms with Crippen LogP contribution in [0.1, 0.15) is 32.1 Å². The number of rotatable bonds is 8. The summed E-state index contributed by atoms with van der Waals surface area (Å²) in [6.07, 6.45) is 4.53. The fraction of sp³-hybridized carbons (Fsp3) is 0.933. The predicted molar refractivity (Wildman–Crippen MR) is 89.2 cm³/mol. The maximum Gasteiger partial charge on any atom is 0.222 e. The Kier molecular flexibility index (Phi) is 7.79. The molecule has 1 heterocycles. The molecule has 7 heteroatoms. The van der Waals surface area contributed by atoms with Crippen molar-refractivity contribution < 1.29 is 13.2 Å². The molecule has 1 rings (SSSR count). The maximum atomic E-state index is 11.7. The Balaban J connectivity index is 2.30. The van der Waals surface area contributed by atoms with Crippen LogP contribution in [0.4, 0.5) is 0 Å². The molecule has 1 aliphatic heterocycles. The van der Waals surface area contributed by atoms with Crippen LogP contribution in [0.15, 0.2) is 0 Å². The van der Waals surface area contributed by atoms with Crippen molar-refractivity contribution in [2.24, 2.45) is 5.92 Å². The average molecular weight is 333 g/mol. The predicted octanol–water partition coefficient (Wildman–Crippen LogP) is 0.848. The van der Waals surface area contributed by atoms with Crippen LogP contribution in [-0.4, -0.2) is 82.0 Å². The minimum atomic E-state index is -3.09. The molecule has 0 aliphatic carbocycles. The molecule has 1 fully saturated rings. The normalized spacial score (nSPS) is 20.3. The van der Waals surface area contributed by atoms with Gasteiger partial charge in [0.25, 0.3) is 0 Å². The van der Waals surface area contributed by atoms with Gasteiger partial charge in [0, 0.05) is 41.2 Å². The van der Waals surface area contributed by atoms with Gasteiger partial charge < -0.3 is 9.80 Å². The van der Waals surface area contributed by atoms with Crippen molar-refractivity contribution in [3.63, 3.8) is 0 Å². The van der Waals surface area contributed by atoms with Crippen molar-refractivity contribution in [2.75, 3.05) is 53.6 Å². The number of likely N-dealkylation sites (tertiary alicyclic amines) is 1. The second-order valence-corrected chi connectivity index (χ2v) is 8.89. The molecule has 1 atom stereocenters. The van der Waals surface area contributed by atoms with Crippen LogP contribution < -0.4 is 0 Å². The largest absolute Gasteiger partial charge is 0.349 e. The van der Waals surface area contributed by atoms with Gasteiger partial charge in [-0.25, -0.2) is 12.7 Å². The van der Waals surface area contributed by atoms with Crippen LogP contribution in [0.5, 0.6) is 0 Å². The fourth-order valence-electron chi connectivity index (χ4n) is 2.79. The Morgan fingerprint density at radius 2 is 1.91 bits per heavy atom. The van der Waals surface area contributed by atoms with Crippen LogP contribution >= 0.6 is 0 Å². The Morgan fingerprint density at radius 1 is 1.23 bits per heavy atom. The molecule has 0 aromatic rings. The van der Waals surface area contributed by atoms with Crippen molar-refractivity contribution in [2.45, 2.75) is 32.1 Å². The van der Waals surface area contributed by atoms with E-state index in [1.807, 2.05) is 0 Å². The van der Waals surface area contributed by atoms with Crippen LogP contribution in [0.2, 0.25) is 0 Å². The van der Waals surface area contributed by atoms with Gasteiger partial charge in [0.05, 0.1) is 5.75 Å². The number of piperidine rings is 1. The van der Waals surface area contributed by atoms with Crippen molar-refractivity contribution in [3.05, 3.63) is 0 Å². The van der Waals surface area contributed by atoms with Gasteiger partial charge in [-0.1, -0.05) is 0 Å². The molecule has 0 aromatic heterocycles. The number of carbonyl (C=O) groups is 1. The molecule has 130 valence electrons. The summed E-state index contributed by atoms with van der Waals surface area (Å²) in [4.78, 5) is 15.6. The van der Waals surface area contributed by atoms with Crippen LogP contribution in [0.3, 0.4) is 0 Å². The molecule has 0 saturated carbocycles. The molecule has 0 aromatic carbocycles. The Labute approximate surface area is 135 Å². The lowest BCUT2D eigenvalue weighted by molar-refractivity contribution is -0.129. The lowest BCUT2D eigenvalue weighted by Gasteiger charge is -2.32. The Hall–Kier alpha value is -0.660. The quantitative estimate of drug-likeness (QED) is 0.661. The molecule has 0 N–H and O–H groups in total. The first-order valence-electron chi connectivity index (χ1n) is 8.05.